The van der Waals surface area contributed by atoms with Crippen molar-refractivity contribution in [1.82, 2.24) is 19.2 Å². The van der Waals surface area contributed by atoms with Crippen LogP contribution in [0.3, 0.4) is 0 Å². The number of para-hydroxylation sites is 1. The Morgan fingerprint density at radius 2 is 1.61 bits per heavy atom. The lowest BCUT2D eigenvalue weighted by Crippen LogP contribution is -2.50. The molecule has 1 amide bonds. The number of nitrogens with zero attached hydrogens (tertiary/aromatic N) is 5. The largest absolute Gasteiger partial charge is 0.368 e. The van der Waals surface area contributed by atoms with E-state index in [-0.39, 0.29) is 18.1 Å². The first-order valence-electron chi connectivity index (χ1n) is 10.6. The van der Waals surface area contributed by atoms with Crippen LogP contribution in [0.2, 0.25) is 5.02 Å². The number of hydrogen-bond donors (Lipinski definition) is 0. The average Bonchev–Trinajstić information content (AvgIpc) is 3.60. The van der Waals surface area contributed by atoms with E-state index in [1.807, 2.05) is 59.5 Å². The highest BCUT2D eigenvalue weighted by Crippen LogP contribution is 2.39. The quantitative estimate of drug-likeness (QED) is 0.615. The zero-order valence-corrected chi connectivity index (χ0v) is 17.9. The third-order valence-corrected chi connectivity index (χ3v) is 6.18. The van der Waals surface area contributed by atoms with Gasteiger partial charge in [-0.3, -0.25) is 4.79 Å². The second kappa shape index (κ2) is 8.23. The number of benzene rings is 2. The highest BCUT2D eigenvalue weighted by Gasteiger charge is 2.32. The maximum Gasteiger partial charge on any atom is 0.351 e. The molecule has 2 aliphatic rings. The average molecular weight is 438 g/mol. The van der Waals surface area contributed by atoms with Crippen molar-refractivity contribution >= 4 is 23.2 Å². The van der Waals surface area contributed by atoms with E-state index in [0.29, 0.717) is 24.0 Å². The molecule has 31 heavy (non-hydrogen) atoms. The first-order chi connectivity index (χ1) is 15.1. The minimum absolute atomic E-state index is 0.0284. The molecule has 7 nitrogen and oxygen atoms in total. The summed E-state index contributed by atoms with van der Waals surface area (Å²) in [5, 5.41) is 5.26. The molecule has 0 bridgehead atoms. The molecule has 3 aromatic rings. The van der Waals surface area contributed by atoms with Gasteiger partial charge in [0, 0.05) is 42.8 Å². The molecule has 160 valence electrons. The molecule has 0 atom stereocenters. The molecule has 2 aromatic carbocycles. The molecular formula is C23H24ClN5O2. The van der Waals surface area contributed by atoms with Gasteiger partial charge in [-0.1, -0.05) is 29.8 Å². The summed E-state index contributed by atoms with van der Waals surface area (Å²) in [5.41, 5.74) is 1.65. The fourth-order valence-electron chi connectivity index (χ4n) is 4.05. The topological polar surface area (TPSA) is 63.4 Å². The Morgan fingerprint density at radius 1 is 0.935 bits per heavy atom. The van der Waals surface area contributed by atoms with Crippen molar-refractivity contribution in [2.45, 2.75) is 25.3 Å². The van der Waals surface area contributed by atoms with Crippen LogP contribution >= 0.6 is 11.6 Å². The van der Waals surface area contributed by atoms with E-state index in [1.165, 1.54) is 4.68 Å². The van der Waals surface area contributed by atoms with Crippen LogP contribution < -0.4 is 10.6 Å². The normalized spacial score (nSPS) is 16.5. The second-order valence-corrected chi connectivity index (χ2v) is 8.52. The van der Waals surface area contributed by atoms with E-state index in [9.17, 15) is 9.59 Å². The molecule has 1 aromatic heterocycles. The van der Waals surface area contributed by atoms with Crippen molar-refractivity contribution in [2.75, 3.05) is 31.1 Å². The standard InChI is InChI=1S/C23H24ClN5O2/c24-18-8-10-19(11-9-18)26-12-14-27(15-13-26)21(30)16-28-23(31)29(20-4-2-1-3-5-20)22(25-28)17-6-7-17/h1-5,8-11,17H,6-7,12-16H2. The summed E-state index contributed by atoms with van der Waals surface area (Å²) >= 11 is 5.97. The van der Waals surface area contributed by atoms with E-state index in [2.05, 4.69) is 10.00 Å². The number of carbonyl (C=O) groups is 1. The van der Waals surface area contributed by atoms with E-state index < -0.39 is 0 Å². The lowest BCUT2D eigenvalue weighted by molar-refractivity contribution is -0.132. The van der Waals surface area contributed by atoms with Gasteiger partial charge in [-0.2, -0.15) is 5.10 Å². The van der Waals surface area contributed by atoms with Crippen molar-refractivity contribution in [3.8, 4) is 5.69 Å². The van der Waals surface area contributed by atoms with Gasteiger partial charge in [-0.25, -0.2) is 14.0 Å². The van der Waals surface area contributed by atoms with Gasteiger partial charge >= 0.3 is 5.69 Å². The molecular weight excluding hydrogens is 414 g/mol. The summed E-state index contributed by atoms with van der Waals surface area (Å²) in [6.07, 6.45) is 2.06. The Morgan fingerprint density at radius 3 is 2.26 bits per heavy atom. The van der Waals surface area contributed by atoms with Crippen LogP contribution in [0.5, 0.6) is 0 Å². The van der Waals surface area contributed by atoms with Gasteiger partial charge in [0.2, 0.25) is 5.91 Å². The van der Waals surface area contributed by atoms with Crippen LogP contribution in [0.4, 0.5) is 5.69 Å². The Kier molecular flexibility index (Phi) is 5.28. The first kappa shape index (κ1) is 19.9. The van der Waals surface area contributed by atoms with Crippen molar-refractivity contribution in [3.63, 3.8) is 0 Å². The minimum Gasteiger partial charge on any atom is -0.368 e. The van der Waals surface area contributed by atoms with Gasteiger partial charge in [0.05, 0.1) is 5.69 Å². The van der Waals surface area contributed by atoms with Crippen LogP contribution in [0.1, 0.15) is 24.6 Å². The number of halogens is 1. The molecule has 1 aliphatic carbocycles. The Balaban J connectivity index is 1.29. The summed E-state index contributed by atoms with van der Waals surface area (Å²) in [4.78, 5) is 30.1. The maximum atomic E-state index is 13.1. The molecule has 1 saturated carbocycles. The van der Waals surface area contributed by atoms with Gasteiger partial charge in [0.25, 0.3) is 0 Å². The van der Waals surface area contributed by atoms with Gasteiger partial charge < -0.3 is 9.80 Å². The van der Waals surface area contributed by atoms with E-state index in [4.69, 9.17) is 11.6 Å². The van der Waals surface area contributed by atoms with E-state index in [1.54, 1.807) is 4.57 Å². The molecule has 1 saturated heterocycles. The molecule has 8 heteroatoms. The number of piperazine rings is 1. The number of rotatable bonds is 5. The first-order valence-corrected chi connectivity index (χ1v) is 11.0. The zero-order chi connectivity index (χ0) is 21.4. The third-order valence-electron chi connectivity index (χ3n) is 5.93. The summed E-state index contributed by atoms with van der Waals surface area (Å²) in [7, 11) is 0. The molecule has 2 heterocycles. The van der Waals surface area contributed by atoms with Crippen molar-refractivity contribution in [2.24, 2.45) is 0 Å². The second-order valence-electron chi connectivity index (χ2n) is 8.09. The van der Waals surface area contributed by atoms with Crippen molar-refractivity contribution in [3.05, 3.63) is 75.9 Å². The van der Waals surface area contributed by atoms with Gasteiger partial charge in [0.1, 0.15) is 12.4 Å². The molecule has 2 fully saturated rings. The van der Waals surface area contributed by atoms with Crippen LogP contribution in [0.15, 0.2) is 59.4 Å². The lowest BCUT2D eigenvalue weighted by atomic mass is 10.2. The fourth-order valence-corrected chi connectivity index (χ4v) is 4.17. The minimum atomic E-state index is -0.249. The number of anilines is 1. The molecule has 1 aliphatic heterocycles. The lowest BCUT2D eigenvalue weighted by Gasteiger charge is -2.36. The summed E-state index contributed by atoms with van der Waals surface area (Å²) in [6, 6.07) is 17.3. The number of hydrogen-bond acceptors (Lipinski definition) is 4. The van der Waals surface area contributed by atoms with Crippen LogP contribution in [-0.2, 0) is 11.3 Å². The SMILES string of the molecule is O=C(Cn1nc(C2CC2)n(-c2ccccc2)c1=O)N1CCN(c2ccc(Cl)cc2)CC1. The monoisotopic (exact) mass is 437 g/mol. The van der Waals surface area contributed by atoms with Crippen molar-refractivity contribution in [1.29, 1.82) is 0 Å². The van der Waals surface area contributed by atoms with Gasteiger partial charge in [-0.05, 0) is 49.2 Å². The third kappa shape index (κ3) is 4.10. The van der Waals surface area contributed by atoms with Gasteiger partial charge in [-0.15, -0.1) is 0 Å². The fraction of sp³-hybridized carbons (Fsp3) is 0.348. The van der Waals surface area contributed by atoms with Crippen LogP contribution in [0.25, 0.3) is 5.69 Å². The number of carbonyl (C=O) groups excluding carboxylic acids is 1. The molecule has 5 rings (SSSR count). The van der Waals surface area contributed by atoms with Crippen LogP contribution in [-0.4, -0.2) is 51.3 Å². The maximum absolute atomic E-state index is 13.1. The molecule has 0 spiro atoms. The smallest absolute Gasteiger partial charge is 0.351 e. The molecule has 0 N–H and O–H groups in total. The highest BCUT2D eigenvalue weighted by molar-refractivity contribution is 6.30. The van der Waals surface area contributed by atoms with Crippen LogP contribution in [0, 0.1) is 0 Å². The zero-order valence-electron chi connectivity index (χ0n) is 17.2. The Hall–Kier alpha value is -3.06. The van der Waals surface area contributed by atoms with Gasteiger partial charge in [0.15, 0.2) is 0 Å². The number of aromatic nitrogens is 3. The highest BCUT2D eigenvalue weighted by atomic mass is 35.5. The summed E-state index contributed by atoms with van der Waals surface area (Å²) in [6.45, 7) is 2.69. The number of amides is 1. The Labute approximate surface area is 185 Å². The summed E-state index contributed by atoms with van der Waals surface area (Å²) < 4.78 is 2.98. The molecule has 0 unspecified atom stereocenters. The molecule has 0 radical (unpaired) electrons. The Bertz CT molecular complexity index is 1130. The van der Waals surface area contributed by atoms with E-state index >= 15 is 0 Å². The predicted octanol–water partition coefficient (Wildman–Crippen LogP) is 2.91. The van der Waals surface area contributed by atoms with E-state index in [0.717, 1.165) is 43.1 Å². The van der Waals surface area contributed by atoms with Crippen molar-refractivity contribution < 1.29 is 4.79 Å². The predicted molar refractivity (Wildman–Crippen MR) is 120 cm³/mol. The summed E-state index contributed by atoms with van der Waals surface area (Å²) in [5.74, 6) is 0.988.